The number of nitrogens with zero attached hydrogens (tertiary/aromatic N) is 6. The van der Waals surface area contributed by atoms with Crippen LogP contribution in [0.25, 0.3) is 32.1 Å². The van der Waals surface area contributed by atoms with E-state index in [1.807, 2.05) is 17.9 Å². The number of amides is 1. The highest BCUT2D eigenvalue weighted by molar-refractivity contribution is 7.23. The average molecular weight is 712 g/mol. The number of ether oxygens (including phenoxy) is 2. The van der Waals surface area contributed by atoms with Gasteiger partial charge in [0.15, 0.2) is 11.6 Å². The second-order valence-electron chi connectivity index (χ2n) is 13.3. The van der Waals surface area contributed by atoms with Gasteiger partial charge < -0.3 is 25.0 Å². The van der Waals surface area contributed by atoms with Crippen LogP contribution >= 0.6 is 22.9 Å². The summed E-state index contributed by atoms with van der Waals surface area (Å²) in [5, 5.41) is 10.3. The molecule has 4 aromatic rings. The molecule has 2 aromatic carbocycles. The van der Waals surface area contributed by atoms with E-state index in [1.54, 1.807) is 4.90 Å². The maximum absolute atomic E-state index is 17.2. The van der Waals surface area contributed by atoms with E-state index in [0.29, 0.717) is 18.8 Å². The van der Waals surface area contributed by atoms with Gasteiger partial charge in [-0.25, -0.2) is 13.2 Å². The summed E-state index contributed by atoms with van der Waals surface area (Å²) >= 11 is 7.92. The Hall–Kier alpha value is -4.06. The van der Waals surface area contributed by atoms with E-state index in [-0.39, 0.29) is 97.6 Å². The Labute approximate surface area is 289 Å². The first-order valence-electron chi connectivity index (χ1n) is 16.4. The molecule has 0 bridgehead atoms. The summed E-state index contributed by atoms with van der Waals surface area (Å²) in [6.45, 7) is 4.96. The fraction of sp³-hybridized carbons (Fsp3) is 0.471. The van der Waals surface area contributed by atoms with Crippen molar-refractivity contribution in [1.29, 1.82) is 5.26 Å². The summed E-state index contributed by atoms with van der Waals surface area (Å²) in [6.07, 6.45) is 2.20. The number of rotatable bonds is 7. The maximum atomic E-state index is 17.2. The van der Waals surface area contributed by atoms with Crippen LogP contribution in [0, 0.1) is 23.0 Å². The summed E-state index contributed by atoms with van der Waals surface area (Å²) in [5.74, 6) is -1.03. The van der Waals surface area contributed by atoms with E-state index in [9.17, 15) is 18.8 Å². The lowest BCUT2D eigenvalue weighted by atomic mass is 9.95. The molecule has 8 rings (SSSR count). The van der Waals surface area contributed by atoms with Gasteiger partial charge in [0.05, 0.1) is 32.3 Å². The number of aromatic nitrogens is 2. The van der Waals surface area contributed by atoms with E-state index >= 15 is 4.39 Å². The summed E-state index contributed by atoms with van der Waals surface area (Å²) in [5.41, 5.74) is 5.47. The number of alkyl halides is 1. The SMILES string of the molecule is C[C@H]1COc2c(Cl)c(-c3ccc(F)c4sc(N)c(C#N)c34)c(F)c3nc(OC[C@@]45CCCN4C[C@H](F)C5)nc(c23)N1CCC(=O)N1CCC1. The number of carbonyl (C=O) groups is 1. The number of halogens is 4. The second kappa shape index (κ2) is 12.1. The Morgan fingerprint density at radius 3 is 2.82 bits per heavy atom. The number of carbonyl (C=O) groups excluding carboxylic acids is 1. The van der Waals surface area contributed by atoms with Crippen LogP contribution in [0.1, 0.15) is 44.6 Å². The van der Waals surface area contributed by atoms with Crippen molar-refractivity contribution in [1.82, 2.24) is 19.8 Å². The minimum atomic E-state index is -0.967. The number of nitriles is 1. The molecule has 0 unspecified atom stereocenters. The Morgan fingerprint density at radius 2 is 2.06 bits per heavy atom. The van der Waals surface area contributed by atoms with Crippen LogP contribution in [0.3, 0.4) is 0 Å². The molecule has 0 aliphatic carbocycles. The lowest BCUT2D eigenvalue weighted by molar-refractivity contribution is -0.134. The molecule has 4 aliphatic heterocycles. The van der Waals surface area contributed by atoms with Crippen LogP contribution in [-0.2, 0) is 4.79 Å². The second-order valence-corrected chi connectivity index (χ2v) is 14.8. The minimum absolute atomic E-state index is 0.0104. The Morgan fingerprint density at radius 1 is 1.24 bits per heavy atom. The molecule has 2 N–H and O–H groups in total. The molecule has 0 spiro atoms. The summed E-state index contributed by atoms with van der Waals surface area (Å²) in [4.78, 5) is 28.1. The molecule has 15 heteroatoms. The lowest BCUT2D eigenvalue weighted by Crippen LogP contribution is -2.45. The first-order chi connectivity index (χ1) is 23.6. The van der Waals surface area contributed by atoms with Crippen molar-refractivity contribution < 1.29 is 27.4 Å². The van der Waals surface area contributed by atoms with Crippen LogP contribution < -0.4 is 20.1 Å². The van der Waals surface area contributed by atoms with Gasteiger partial charge in [0.2, 0.25) is 5.91 Å². The molecule has 256 valence electrons. The highest BCUT2D eigenvalue weighted by Gasteiger charge is 2.49. The summed E-state index contributed by atoms with van der Waals surface area (Å²) < 4.78 is 59.4. The third-order valence-electron chi connectivity index (χ3n) is 10.4. The van der Waals surface area contributed by atoms with Crippen molar-refractivity contribution in [2.24, 2.45) is 0 Å². The number of nitrogen functional groups attached to an aromatic ring is 1. The van der Waals surface area contributed by atoms with Gasteiger partial charge in [-0.3, -0.25) is 9.69 Å². The van der Waals surface area contributed by atoms with Gasteiger partial charge in [0.1, 0.15) is 47.6 Å². The molecule has 49 heavy (non-hydrogen) atoms. The molecule has 3 atom stereocenters. The highest BCUT2D eigenvalue weighted by atomic mass is 35.5. The van der Waals surface area contributed by atoms with Crippen molar-refractivity contribution in [2.75, 3.05) is 56.6 Å². The largest absolute Gasteiger partial charge is 0.489 e. The van der Waals surface area contributed by atoms with Crippen LogP contribution in [0.2, 0.25) is 5.02 Å². The van der Waals surface area contributed by atoms with E-state index in [0.717, 1.165) is 50.2 Å². The number of likely N-dealkylation sites (tertiary alicyclic amines) is 1. The zero-order chi connectivity index (χ0) is 34.2. The summed E-state index contributed by atoms with van der Waals surface area (Å²) in [6, 6.07) is 4.13. The van der Waals surface area contributed by atoms with Gasteiger partial charge in [0.25, 0.3) is 0 Å². The van der Waals surface area contributed by atoms with E-state index in [4.69, 9.17) is 31.8 Å². The van der Waals surface area contributed by atoms with Crippen molar-refractivity contribution in [3.8, 4) is 29.0 Å². The summed E-state index contributed by atoms with van der Waals surface area (Å²) in [7, 11) is 0. The normalized spacial score (nSPS) is 23.3. The van der Waals surface area contributed by atoms with Gasteiger partial charge in [-0.1, -0.05) is 17.7 Å². The van der Waals surface area contributed by atoms with Crippen LogP contribution in [-0.4, -0.2) is 89.4 Å². The van der Waals surface area contributed by atoms with Gasteiger partial charge in [-0.2, -0.15) is 15.2 Å². The Balaban J connectivity index is 1.31. The molecule has 3 saturated heterocycles. The van der Waals surface area contributed by atoms with Crippen molar-refractivity contribution in [2.45, 2.75) is 56.8 Å². The quantitative estimate of drug-likeness (QED) is 0.244. The molecular weight excluding hydrogens is 679 g/mol. The first-order valence-corrected chi connectivity index (χ1v) is 17.6. The first kappa shape index (κ1) is 32.2. The third kappa shape index (κ3) is 5.11. The van der Waals surface area contributed by atoms with E-state index < -0.39 is 23.3 Å². The van der Waals surface area contributed by atoms with E-state index in [1.165, 1.54) is 12.1 Å². The van der Waals surface area contributed by atoms with Crippen molar-refractivity contribution in [3.63, 3.8) is 0 Å². The van der Waals surface area contributed by atoms with Gasteiger partial charge in [-0.15, -0.1) is 11.3 Å². The molecule has 10 nitrogen and oxygen atoms in total. The minimum Gasteiger partial charge on any atom is -0.489 e. The van der Waals surface area contributed by atoms with Gasteiger partial charge >= 0.3 is 6.01 Å². The third-order valence-corrected chi connectivity index (χ3v) is 11.8. The van der Waals surface area contributed by atoms with Crippen LogP contribution in [0.15, 0.2) is 12.1 Å². The fourth-order valence-corrected chi connectivity index (χ4v) is 9.09. The topological polar surface area (TPSA) is 121 Å². The molecule has 3 fully saturated rings. The smallest absolute Gasteiger partial charge is 0.319 e. The van der Waals surface area contributed by atoms with Crippen LogP contribution in [0.5, 0.6) is 11.8 Å². The number of fused-ring (bicyclic) bond motifs is 2. The average Bonchev–Trinajstić information content (AvgIpc) is 3.66. The van der Waals surface area contributed by atoms with E-state index in [2.05, 4.69) is 9.88 Å². The number of thiophene rings is 1. The standard InChI is InChI=1S/C34H33ClF3N7O3S/c1-17-15-47-29-25-28(27(38)24(26(29)35)19-4-5-21(37)30-23(19)20(13-39)31(40)49-30)41-33(48-16-34-7-2-10-44(34)14-18(36)12-34)42-32(25)45(17)11-6-22(46)43-8-3-9-43/h4-5,17-18H,2-3,6-12,14-16,40H2,1H3/t17-,18+,34-/m0/s1. The maximum Gasteiger partial charge on any atom is 0.319 e. The van der Waals surface area contributed by atoms with Gasteiger partial charge in [0, 0.05) is 50.0 Å². The molecule has 6 heterocycles. The lowest BCUT2D eigenvalue weighted by Gasteiger charge is -2.33. The Bertz CT molecular complexity index is 2070. The van der Waals surface area contributed by atoms with Gasteiger partial charge in [-0.05, 0) is 44.4 Å². The molecule has 4 aliphatic rings. The Kier molecular flexibility index (Phi) is 7.92. The fourth-order valence-electron chi connectivity index (χ4n) is 7.80. The highest BCUT2D eigenvalue weighted by Crippen LogP contribution is 2.51. The number of nitrogens with two attached hydrogens (primary N) is 1. The number of hydrogen-bond donors (Lipinski definition) is 1. The van der Waals surface area contributed by atoms with Crippen molar-refractivity contribution in [3.05, 3.63) is 34.4 Å². The monoisotopic (exact) mass is 711 g/mol. The molecule has 2 aromatic heterocycles. The van der Waals surface area contributed by atoms with Crippen molar-refractivity contribution >= 4 is 60.7 Å². The zero-order valence-electron chi connectivity index (χ0n) is 26.7. The predicted molar refractivity (Wildman–Crippen MR) is 181 cm³/mol. The van der Waals surface area contributed by atoms with Crippen LogP contribution in [0.4, 0.5) is 24.0 Å². The number of anilines is 2. The zero-order valence-corrected chi connectivity index (χ0v) is 28.3. The molecule has 0 saturated carbocycles. The molecule has 0 radical (unpaired) electrons. The molecular formula is C34H33ClF3N7O3S. The molecule has 1 amide bonds. The number of benzene rings is 2. The predicted octanol–water partition coefficient (Wildman–Crippen LogP) is 6.06. The number of hydrogen-bond acceptors (Lipinski definition) is 10.